The van der Waals surface area contributed by atoms with Crippen molar-refractivity contribution in [1.29, 1.82) is 0 Å². The van der Waals surface area contributed by atoms with E-state index >= 15 is 0 Å². The van der Waals surface area contributed by atoms with Crippen molar-refractivity contribution in [1.82, 2.24) is 10.7 Å². The summed E-state index contributed by atoms with van der Waals surface area (Å²) in [6, 6.07) is 17.6. The number of halogens is 1. The average molecular weight is 481 g/mol. The third-order valence-electron chi connectivity index (χ3n) is 4.30. The Morgan fingerprint density at radius 2 is 1.68 bits per heavy atom. The van der Waals surface area contributed by atoms with Gasteiger partial charge in [0, 0.05) is 22.7 Å². The van der Waals surface area contributed by atoms with Gasteiger partial charge in [-0.1, -0.05) is 23.7 Å². The summed E-state index contributed by atoms with van der Waals surface area (Å²) in [7, 11) is 0. The van der Waals surface area contributed by atoms with Gasteiger partial charge in [-0.15, -0.1) is 0 Å². The first-order chi connectivity index (χ1) is 16.3. The number of non-ortho nitro benzene ring substituents is 1. The molecule has 0 bridgehead atoms. The van der Waals surface area contributed by atoms with Gasteiger partial charge < -0.3 is 10.1 Å². The number of esters is 1. The van der Waals surface area contributed by atoms with Crippen LogP contribution in [0.3, 0.4) is 0 Å². The van der Waals surface area contributed by atoms with Crippen molar-refractivity contribution in [3.63, 3.8) is 0 Å². The monoisotopic (exact) mass is 480 g/mol. The fraction of sp³-hybridized carbons (Fsp3) is 0.0435. The Balaban J connectivity index is 1.50. The van der Waals surface area contributed by atoms with Crippen LogP contribution in [0.5, 0.6) is 5.75 Å². The number of carbonyl (C=O) groups is 3. The molecule has 172 valence electrons. The molecule has 0 heterocycles. The lowest BCUT2D eigenvalue weighted by molar-refractivity contribution is -0.384. The van der Waals surface area contributed by atoms with E-state index in [-0.39, 0.29) is 23.5 Å². The predicted molar refractivity (Wildman–Crippen MR) is 124 cm³/mol. The largest absolute Gasteiger partial charge is 0.423 e. The number of hydrazone groups is 1. The number of hydrogen-bond donors (Lipinski definition) is 2. The molecule has 11 heteroatoms. The lowest BCUT2D eigenvalue weighted by Crippen LogP contribution is -2.34. The number of nitrogens with one attached hydrogen (secondary N) is 2. The SMILES string of the molecule is O=C(CNC(=O)c1ccc(Cl)cc1)N/N=C\c1cccc(OC(=O)c2ccc([N+](=O)[O-])cc2)c1. The van der Waals surface area contributed by atoms with Gasteiger partial charge in [-0.05, 0) is 54.1 Å². The molecule has 0 spiro atoms. The molecule has 0 saturated heterocycles. The number of ether oxygens (including phenoxy) is 1. The summed E-state index contributed by atoms with van der Waals surface area (Å²) >= 11 is 5.77. The Kier molecular flexibility index (Phi) is 8.03. The van der Waals surface area contributed by atoms with Gasteiger partial charge >= 0.3 is 5.97 Å². The van der Waals surface area contributed by atoms with Crippen LogP contribution < -0.4 is 15.5 Å². The molecule has 0 aromatic heterocycles. The third kappa shape index (κ3) is 6.97. The van der Waals surface area contributed by atoms with Crippen LogP contribution in [-0.4, -0.2) is 35.5 Å². The molecule has 0 aliphatic rings. The van der Waals surface area contributed by atoms with E-state index in [2.05, 4.69) is 15.8 Å². The number of benzene rings is 3. The van der Waals surface area contributed by atoms with Gasteiger partial charge in [0.05, 0.1) is 23.2 Å². The molecule has 34 heavy (non-hydrogen) atoms. The number of amides is 2. The van der Waals surface area contributed by atoms with Crippen LogP contribution in [0, 0.1) is 10.1 Å². The summed E-state index contributed by atoms with van der Waals surface area (Å²) in [5, 5.41) is 17.5. The maximum absolute atomic E-state index is 12.2. The Bertz CT molecular complexity index is 1240. The van der Waals surface area contributed by atoms with Crippen molar-refractivity contribution >= 4 is 41.3 Å². The van der Waals surface area contributed by atoms with E-state index in [1.807, 2.05) is 0 Å². The minimum absolute atomic E-state index is 0.138. The highest BCUT2D eigenvalue weighted by Crippen LogP contribution is 2.17. The number of nitro benzene ring substituents is 1. The van der Waals surface area contributed by atoms with E-state index in [0.29, 0.717) is 16.1 Å². The summed E-state index contributed by atoms with van der Waals surface area (Å²) in [6.45, 7) is -0.286. The molecule has 3 aromatic carbocycles. The van der Waals surface area contributed by atoms with Crippen LogP contribution in [0.4, 0.5) is 5.69 Å². The van der Waals surface area contributed by atoms with Crippen LogP contribution in [0.15, 0.2) is 77.9 Å². The molecule has 2 amide bonds. The van der Waals surface area contributed by atoms with Crippen LogP contribution in [0.1, 0.15) is 26.3 Å². The zero-order chi connectivity index (χ0) is 24.5. The standard InChI is InChI=1S/C23H17ClN4O6/c24-18-8-4-16(5-9-18)22(30)25-14-21(29)27-26-13-15-2-1-3-20(12-15)34-23(31)17-6-10-19(11-7-17)28(32)33/h1-13H,14H2,(H,25,30)(H,27,29)/b26-13-. The Morgan fingerprint density at radius 1 is 1.00 bits per heavy atom. The normalized spacial score (nSPS) is 10.5. The first kappa shape index (κ1) is 24.1. The molecule has 0 atom stereocenters. The first-order valence-corrected chi connectivity index (χ1v) is 10.1. The zero-order valence-electron chi connectivity index (χ0n) is 17.4. The lowest BCUT2D eigenvalue weighted by atomic mass is 10.2. The molecule has 0 radical (unpaired) electrons. The van der Waals surface area contributed by atoms with Gasteiger partial charge in [-0.3, -0.25) is 19.7 Å². The minimum Gasteiger partial charge on any atom is -0.423 e. The molecular formula is C23H17ClN4O6. The second-order valence-electron chi connectivity index (χ2n) is 6.75. The highest BCUT2D eigenvalue weighted by atomic mass is 35.5. The second kappa shape index (κ2) is 11.3. The van der Waals surface area contributed by atoms with Gasteiger partial charge in [0.25, 0.3) is 17.5 Å². The van der Waals surface area contributed by atoms with Crippen molar-refractivity contribution in [3.05, 3.63) is 105 Å². The van der Waals surface area contributed by atoms with Gasteiger partial charge in [-0.25, -0.2) is 10.2 Å². The molecule has 0 saturated carbocycles. The molecule has 2 N–H and O–H groups in total. The Labute approximate surface area is 198 Å². The molecule has 10 nitrogen and oxygen atoms in total. The molecule has 3 rings (SSSR count). The van der Waals surface area contributed by atoms with Crippen molar-refractivity contribution < 1.29 is 24.0 Å². The van der Waals surface area contributed by atoms with Crippen molar-refractivity contribution in [2.75, 3.05) is 6.54 Å². The first-order valence-electron chi connectivity index (χ1n) is 9.74. The van der Waals surface area contributed by atoms with Crippen molar-refractivity contribution in [3.8, 4) is 5.75 Å². The van der Waals surface area contributed by atoms with E-state index in [1.54, 1.807) is 30.3 Å². The number of nitrogens with zero attached hydrogens (tertiary/aromatic N) is 2. The van der Waals surface area contributed by atoms with Gasteiger partial charge in [0.1, 0.15) is 5.75 Å². The van der Waals surface area contributed by atoms with E-state index in [9.17, 15) is 24.5 Å². The summed E-state index contributed by atoms with van der Waals surface area (Å²) in [4.78, 5) is 46.2. The lowest BCUT2D eigenvalue weighted by Gasteiger charge is -2.05. The molecule has 0 aliphatic heterocycles. The third-order valence-corrected chi connectivity index (χ3v) is 4.55. The fourth-order valence-electron chi connectivity index (χ4n) is 2.63. The molecule has 3 aromatic rings. The number of hydrogen-bond acceptors (Lipinski definition) is 7. The molecule has 0 fully saturated rings. The smallest absolute Gasteiger partial charge is 0.343 e. The van der Waals surface area contributed by atoms with Crippen molar-refractivity contribution in [2.24, 2.45) is 5.10 Å². The number of carbonyl (C=O) groups excluding carboxylic acids is 3. The minimum atomic E-state index is -0.686. The highest BCUT2D eigenvalue weighted by Gasteiger charge is 2.12. The quantitative estimate of drug-likeness (QED) is 0.166. The van der Waals surface area contributed by atoms with Crippen LogP contribution >= 0.6 is 11.6 Å². The van der Waals surface area contributed by atoms with E-state index < -0.39 is 22.7 Å². The summed E-state index contributed by atoms with van der Waals surface area (Å²) in [5.41, 5.74) is 3.18. The van der Waals surface area contributed by atoms with E-state index in [1.165, 1.54) is 48.7 Å². The zero-order valence-corrected chi connectivity index (χ0v) is 18.2. The number of nitro groups is 1. The van der Waals surface area contributed by atoms with E-state index in [4.69, 9.17) is 16.3 Å². The van der Waals surface area contributed by atoms with Crippen LogP contribution in [0.2, 0.25) is 5.02 Å². The number of rotatable bonds is 8. The summed E-state index contributed by atoms with van der Waals surface area (Å²) in [6.07, 6.45) is 1.34. The van der Waals surface area contributed by atoms with Gasteiger partial charge in [0.15, 0.2) is 0 Å². The van der Waals surface area contributed by atoms with Gasteiger partial charge in [-0.2, -0.15) is 5.10 Å². The van der Waals surface area contributed by atoms with Crippen molar-refractivity contribution in [2.45, 2.75) is 0 Å². The maximum atomic E-state index is 12.2. The molecule has 0 unspecified atom stereocenters. The van der Waals surface area contributed by atoms with Gasteiger partial charge in [0.2, 0.25) is 0 Å². The average Bonchev–Trinajstić information content (AvgIpc) is 2.83. The topological polar surface area (TPSA) is 140 Å². The van der Waals surface area contributed by atoms with E-state index in [0.717, 1.165) is 0 Å². The molecule has 0 aliphatic carbocycles. The Hall–Kier alpha value is -4.57. The molecular weight excluding hydrogens is 464 g/mol. The summed E-state index contributed by atoms with van der Waals surface area (Å²) < 4.78 is 5.27. The fourth-order valence-corrected chi connectivity index (χ4v) is 2.75. The van der Waals surface area contributed by atoms with Crippen LogP contribution in [0.25, 0.3) is 0 Å². The summed E-state index contributed by atoms with van der Waals surface area (Å²) in [5.74, 6) is -1.44. The highest BCUT2D eigenvalue weighted by molar-refractivity contribution is 6.30. The van der Waals surface area contributed by atoms with Crippen LogP contribution in [-0.2, 0) is 4.79 Å². The Morgan fingerprint density at radius 3 is 2.35 bits per heavy atom. The second-order valence-corrected chi connectivity index (χ2v) is 7.19. The predicted octanol–water partition coefficient (Wildman–Crippen LogP) is 3.35. The maximum Gasteiger partial charge on any atom is 0.343 e.